The minimum Gasteiger partial charge on any atom is -0.338 e. The van der Waals surface area contributed by atoms with Crippen LogP contribution in [0.4, 0.5) is 17.6 Å². The first-order chi connectivity index (χ1) is 14.2. The highest BCUT2D eigenvalue weighted by Gasteiger charge is 2.37. The minimum atomic E-state index is -4.59. The summed E-state index contributed by atoms with van der Waals surface area (Å²) in [7, 11) is 0. The molecule has 2 aromatic rings. The zero-order chi connectivity index (χ0) is 21.6. The van der Waals surface area contributed by atoms with Crippen LogP contribution in [-0.2, 0) is 30.5 Å². The number of hydrogen-bond donors (Lipinski definition) is 0. The van der Waals surface area contributed by atoms with Crippen molar-refractivity contribution in [2.45, 2.75) is 64.1 Å². The first-order valence-corrected chi connectivity index (χ1v) is 9.94. The first-order valence-electron chi connectivity index (χ1n) is 9.94. The molecule has 4 rings (SSSR count). The number of aromatic nitrogens is 5. The molecule has 164 valence electrons. The fourth-order valence-electron chi connectivity index (χ4n) is 4.15. The lowest BCUT2D eigenvalue weighted by molar-refractivity contribution is -0.141. The van der Waals surface area contributed by atoms with Crippen LogP contribution in [0.2, 0.25) is 0 Å². The Labute approximate surface area is 169 Å². The molecular weight excluding hydrogens is 408 g/mol. The van der Waals surface area contributed by atoms with Gasteiger partial charge in [-0.2, -0.15) is 23.4 Å². The Morgan fingerprint density at radius 2 is 2.00 bits per heavy atom. The van der Waals surface area contributed by atoms with Gasteiger partial charge in [-0.05, 0) is 32.3 Å². The predicted octanol–water partition coefficient (Wildman–Crippen LogP) is 1.78. The first kappa shape index (κ1) is 20.6. The molecule has 2 aliphatic heterocycles. The van der Waals surface area contributed by atoms with E-state index in [2.05, 4.69) is 10.2 Å². The van der Waals surface area contributed by atoms with Gasteiger partial charge in [0.1, 0.15) is 18.0 Å². The number of hydrogen-bond acceptors (Lipinski definition) is 4. The highest BCUT2D eigenvalue weighted by molar-refractivity contribution is 5.81. The molecule has 0 aliphatic carbocycles. The van der Waals surface area contributed by atoms with Crippen molar-refractivity contribution in [2.24, 2.45) is 0 Å². The van der Waals surface area contributed by atoms with Crippen LogP contribution in [0.3, 0.4) is 0 Å². The van der Waals surface area contributed by atoms with Gasteiger partial charge in [0.25, 0.3) is 0 Å². The number of halogens is 4. The summed E-state index contributed by atoms with van der Waals surface area (Å²) in [6.07, 6.45) is -3.80. The molecule has 1 fully saturated rings. The molecule has 1 amide bonds. The molecule has 2 atom stereocenters. The van der Waals surface area contributed by atoms with Crippen LogP contribution in [0.1, 0.15) is 49.4 Å². The smallest absolute Gasteiger partial charge is 0.338 e. The molecule has 0 unspecified atom stereocenters. The Balaban J connectivity index is 1.64. The van der Waals surface area contributed by atoms with E-state index in [0.717, 1.165) is 10.7 Å². The monoisotopic (exact) mass is 430 g/mol. The van der Waals surface area contributed by atoms with Gasteiger partial charge in [0.2, 0.25) is 5.91 Å². The number of rotatable bonds is 4. The largest absolute Gasteiger partial charge is 0.435 e. The van der Waals surface area contributed by atoms with Gasteiger partial charge >= 0.3 is 11.9 Å². The number of aryl methyl sites for hydroxylation is 2. The van der Waals surface area contributed by atoms with Crippen molar-refractivity contribution >= 4 is 5.91 Å². The number of carbonyl (C=O) groups excluding carboxylic acids is 1. The van der Waals surface area contributed by atoms with Crippen molar-refractivity contribution < 1.29 is 22.4 Å². The standard InChI is InChI=1S/C18H22F4N6O2/c1-2-26-12(8-14(23-26)18(20,21)22)10-27-17(30)28-13(4-3-5-15(28)24-27)16(29)25-7-6-11(19)9-25/h8,11,13H,2-7,9-10H2,1H3/t11-,13-/m0/s1. The summed E-state index contributed by atoms with van der Waals surface area (Å²) in [6.45, 7) is 2.00. The van der Waals surface area contributed by atoms with Crippen LogP contribution in [0.25, 0.3) is 0 Å². The molecular formula is C18H22F4N6O2. The van der Waals surface area contributed by atoms with Crippen LogP contribution in [0.15, 0.2) is 10.9 Å². The van der Waals surface area contributed by atoms with Crippen molar-refractivity contribution in [3.8, 4) is 0 Å². The van der Waals surface area contributed by atoms with E-state index in [9.17, 15) is 27.2 Å². The lowest BCUT2D eigenvalue weighted by Gasteiger charge is -2.26. The van der Waals surface area contributed by atoms with Gasteiger partial charge in [-0.15, -0.1) is 0 Å². The van der Waals surface area contributed by atoms with Crippen LogP contribution in [0.5, 0.6) is 0 Å². The second kappa shape index (κ2) is 7.55. The zero-order valence-corrected chi connectivity index (χ0v) is 16.4. The van der Waals surface area contributed by atoms with Crippen molar-refractivity contribution in [3.05, 3.63) is 33.8 Å². The summed E-state index contributed by atoms with van der Waals surface area (Å²) in [4.78, 5) is 27.3. The third kappa shape index (κ3) is 3.63. The normalized spacial score (nSPS) is 21.8. The second-order valence-corrected chi connectivity index (χ2v) is 7.64. The van der Waals surface area contributed by atoms with E-state index in [1.165, 1.54) is 14.1 Å². The average molecular weight is 430 g/mol. The molecule has 2 aliphatic rings. The van der Waals surface area contributed by atoms with Gasteiger partial charge in [-0.25, -0.2) is 13.9 Å². The highest BCUT2D eigenvalue weighted by atomic mass is 19.4. The minimum absolute atomic E-state index is 0.0173. The summed E-state index contributed by atoms with van der Waals surface area (Å²) in [5, 5.41) is 7.82. The topological polar surface area (TPSA) is 78.0 Å². The summed E-state index contributed by atoms with van der Waals surface area (Å²) in [6, 6.07) is 0.143. The van der Waals surface area contributed by atoms with Crippen LogP contribution < -0.4 is 5.69 Å². The number of carbonyl (C=O) groups is 1. The predicted molar refractivity (Wildman–Crippen MR) is 96.6 cm³/mol. The molecule has 30 heavy (non-hydrogen) atoms. The van der Waals surface area contributed by atoms with E-state index in [-0.39, 0.29) is 37.7 Å². The van der Waals surface area contributed by atoms with Crippen LogP contribution in [0, 0.1) is 0 Å². The Bertz CT molecular complexity index is 1010. The van der Waals surface area contributed by atoms with E-state index in [1.54, 1.807) is 6.92 Å². The fraction of sp³-hybridized carbons (Fsp3) is 0.667. The molecule has 1 saturated heterocycles. The maximum Gasteiger partial charge on any atom is 0.435 e. The quantitative estimate of drug-likeness (QED) is 0.693. The molecule has 8 nitrogen and oxygen atoms in total. The SMILES string of the molecule is CCn1nc(C(F)(F)F)cc1Cn1nc2n(c1=O)[C@H](C(=O)N1CC[C@H](F)C1)CCC2. The number of likely N-dealkylation sites (tertiary alicyclic amines) is 1. The third-order valence-corrected chi connectivity index (χ3v) is 5.62. The van der Waals surface area contributed by atoms with Gasteiger partial charge < -0.3 is 4.90 Å². The fourth-order valence-corrected chi connectivity index (χ4v) is 4.15. The van der Waals surface area contributed by atoms with E-state index in [1.807, 2.05) is 0 Å². The molecule has 2 aromatic heterocycles. The van der Waals surface area contributed by atoms with Crippen LogP contribution in [-0.4, -0.2) is 54.2 Å². The Morgan fingerprint density at radius 3 is 2.63 bits per heavy atom. The summed E-state index contributed by atoms with van der Waals surface area (Å²) in [5.41, 5.74) is -1.39. The van der Waals surface area contributed by atoms with Crippen molar-refractivity contribution in [3.63, 3.8) is 0 Å². The lowest BCUT2D eigenvalue weighted by atomic mass is 10.0. The molecule has 4 heterocycles. The average Bonchev–Trinajstić information content (AvgIpc) is 3.39. The molecule has 0 spiro atoms. The molecule has 12 heteroatoms. The number of alkyl halides is 4. The summed E-state index contributed by atoms with van der Waals surface area (Å²) < 4.78 is 56.1. The maximum atomic E-state index is 13.5. The van der Waals surface area contributed by atoms with Crippen LogP contribution >= 0.6 is 0 Å². The van der Waals surface area contributed by atoms with Crippen molar-refractivity contribution in [1.82, 2.24) is 29.0 Å². The van der Waals surface area contributed by atoms with Gasteiger partial charge in [0.05, 0.1) is 18.8 Å². The maximum absolute atomic E-state index is 13.5. The molecule has 0 N–H and O–H groups in total. The van der Waals surface area contributed by atoms with E-state index in [4.69, 9.17) is 0 Å². The second-order valence-electron chi connectivity index (χ2n) is 7.64. The molecule has 0 radical (unpaired) electrons. The molecule has 0 aromatic carbocycles. The zero-order valence-electron chi connectivity index (χ0n) is 16.4. The molecule has 0 bridgehead atoms. The van der Waals surface area contributed by atoms with E-state index in [0.29, 0.717) is 31.6 Å². The highest BCUT2D eigenvalue weighted by Crippen LogP contribution is 2.29. The summed E-state index contributed by atoms with van der Waals surface area (Å²) in [5.74, 6) is 0.106. The molecule has 0 saturated carbocycles. The van der Waals surface area contributed by atoms with Gasteiger partial charge in [0, 0.05) is 19.5 Å². The Hall–Kier alpha value is -2.66. The van der Waals surface area contributed by atoms with Gasteiger partial charge in [-0.1, -0.05) is 0 Å². The number of amides is 1. The van der Waals surface area contributed by atoms with E-state index < -0.39 is 29.8 Å². The Kier molecular flexibility index (Phi) is 5.18. The van der Waals surface area contributed by atoms with E-state index >= 15 is 0 Å². The lowest BCUT2D eigenvalue weighted by Crippen LogP contribution is -2.41. The van der Waals surface area contributed by atoms with Gasteiger partial charge in [-0.3, -0.25) is 14.0 Å². The Morgan fingerprint density at radius 1 is 1.23 bits per heavy atom. The van der Waals surface area contributed by atoms with Crippen molar-refractivity contribution in [1.29, 1.82) is 0 Å². The number of nitrogens with zero attached hydrogens (tertiary/aromatic N) is 6. The van der Waals surface area contributed by atoms with Gasteiger partial charge in [0.15, 0.2) is 5.69 Å². The third-order valence-electron chi connectivity index (χ3n) is 5.62. The number of fused-ring (bicyclic) bond motifs is 1. The van der Waals surface area contributed by atoms with Crippen molar-refractivity contribution in [2.75, 3.05) is 13.1 Å². The summed E-state index contributed by atoms with van der Waals surface area (Å²) >= 11 is 0.